The molecule has 0 bridgehead atoms. The van der Waals surface area contributed by atoms with Gasteiger partial charge in [-0.2, -0.15) is 0 Å². The van der Waals surface area contributed by atoms with Crippen molar-refractivity contribution in [2.75, 3.05) is 14.2 Å². The third kappa shape index (κ3) is 4.65. The predicted octanol–water partition coefficient (Wildman–Crippen LogP) is 3.42. The van der Waals surface area contributed by atoms with E-state index in [-0.39, 0.29) is 12.0 Å². The van der Waals surface area contributed by atoms with Gasteiger partial charge in [0, 0.05) is 12.1 Å². The Morgan fingerprint density at radius 2 is 1.67 bits per heavy atom. The third-order valence-corrected chi connectivity index (χ3v) is 3.39. The number of rotatable bonds is 7. The minimum Gasteiger partial charge on any atom is -0.493 e. The van der Waals surface area contributed by atoms with Crippen molar-refractivity contribution < 1.29 is 19.0 Å². The van der Waals surface area contributed by atoms with E-state index in [9.17, 15) is 4.79 Å². The zero-order chi connectivity index (χ0) is 17.5. The van der Waals surface area contributed by atoms with Gasteiger partial charge in [0.2, 0.25) is 0 Å². The van der Waals surface area contributed by atoms with Crippen LogP contribution in [-0.4, -0.2) is 26.2 Å². The number of nitrogens with one attached hydrogen (secondary N) is 1. The molecule has 0 atom stereocenters. The lowest BCUT2D eigenvalue weighted by molar-refractivity contribution is 0.0950. The Morgan fingerprint density at radius 3 is 2.25 bits per heavy atom. The smallest absolute Gasteiger partial charge is 0.251 e. The molecule has 1 amide bonds. The molecule has 0 aromatic heterocycles. The van der Waals surface area contributed by atoms with Gasteiger partial charge in [0.1, 0.15) is 5.75 Å². The Labute approximate surface area is 142 Å². The van der Waals surface area contributed by atoms with Gasteiger partial charge in [-0.1, -0.05) is 12.1 Å². The van der Waals surface area contributed by atoms with Crippen LogP contribution in [0.2, 0.25) is 0 Å². The molecule has 2 aromatic carbocycles. The van der Waals surface area contributed by atoms with Gasteiger partial charge in [-0.05, 0) is 49.7 Å². The van der Waals surface area contributed by atoms with Crippen molar-refractivity contribution in [1.29, 1.82) is 0 Å². The molecular weight excluding hydrogens is 306 g/mol. The summed E-state index contributed by atoms with van der Waals surface area (Å²) in [6, 6.07) is 12.8. The molecule has 0 heterocycles. The highest BCUT2D eigenvalue weighted by Crippen LogP contribution is 2.27. The largest absolute Gasteiger partial charge is 0.493 e. The van der Waals surface area contributed by atoms with Gasteiger partial charge in [-0.25, -0.2) is 0 Å². The summed E-state index contributed by atoms with van der Waals surface area (Å²) in [5, 5.41) is 2.89. The Kier molecular flexibility index (Phi) is 6.07. The van der Waals surface area contributed by atoms with Crippen LogP contribution >= 0.6 is 0 Å². The average molecular weight is 329 g/mol. The quantitative estimate of drug-likeness (QED) is 0.845. The lowest BCUT2D eigenvalue weighted by Crippen LogP contribution is -2.22. The Balaban J connectivity index is 1.97. The van der Waals surface area contributed by atoms with Crippen molar-refractivity contribution in [2.45, 2.75) is 26.5 Å². The first-order valence-corrected chi connectivity index (χ1v) is 7.79. The molecule has 0 saturated heterocycles. The molecule has 128 valence electrons. The predicted molar refractivity (Wildman–Crippen MR) is 92.9 cm³/mol. The monoisotopic (exact) mass is 329 g/mol. The first-order valence-electron chi connectivity index (χ1n) is 7.79. The molecule has 24 heavy (non-hydrogen) atoms. The van der Waals surface area contributed by atoms with Crippen LogP contribution in [0, 0.1) is 0 Å². The molecule has 0 spiro atoms. The highest BCUT2D eigenvalue weighted by atomic mass is 16.5. The molecule has 1 N–H and O–H groups in total. The number of hydrogen-bond donors (Lipinski definition) is 1. The van der Waals surface area contributed by atoms with E-state index in [0.717, 1.165) is 11.3 Å². The summed E-state index contributed by atoms with van der Waals surface area (Å²) >= 11 is 0. The maximum Gasteiger partial charge on any atom is 0.251 e. The summed E-state index contributed by atoms with van der Waals surface area (Å²) in [6.07, 6.45) is 0.139. The second-order valence-electron chi connectivity index (χ2n) is 5.56. The first-order chi connectivity index (χ1) is 11.5. The zero-order valence-electron chi connectivity index (χ0n) is 14.5. The highest BCUT2D eigenvalue weighted by molar-refractivity contribution is 5.94. The van der Waals surface area contributed by atoms with Crippen LogP contribution in [-0.2, 0) is 6.54 Å². The fraction of sp³-hybridized carbons (Fsp3) is 0.316. The summed E-state index contributed by atoms with van der Waals surface area (Å²) in [6.45, 7) is 4.41. The number of hydrogen-bond acceptors (Lipinski definition) is 4. The minimum atomic E-state index is -0.168. The average Bonchev–Trinajstić information content (AvgIpc) is 2.59. The Hall–Kier alpha value is -2.69. The number of carbonyl (C=O) groups excluding carboxylic acids is 1. The van der Waals surface area contributed by atoms with E-state index in [1.54, 1.807) is 32.4 Å². The second-order valence-corrected chi connectivity index (χ2v) is 5.56. The molecule has 5 heteroatoms. The van der Waals surface area contributed by atoms with E-state index < -0.39 is 0 Å². The molecule has 5 nitrogen and oxygen atoms in total. The van der Waals surface area contributed by atoms with Gasteiger partial charge >= 0.3 is 0 Å². The fourth-order valence-corrected chi connectivity index (χ4v) is 2.22. The van der Waals surface area contributed by atoms with Crippen LogP contribution in [0.25, 0.3) is 0 Å². The minimum absolute atomic E-state index is 0.139. The Morgan fingerprint density at radius 1 is 1.00 bits per heavy atom. The van der Waals surface area contributed by atoms with Crippen molar-refractivity contribution in [3.8, 4) is 17.2 Å². The van der Waals surface area contributed by atoms with Crippen molar-refractivity contribution in [3.05, 3.63) is 53.6 Å². The molecule has 2 aromatic rings. The molecular formula is C19H23NO4. The van der Waals surface area contributed by atoms with Crippen LogP contribution in [0.3, 0.4) is 0 Å². The molecule has 0 fully saturated rings. The van der Waals surface area contributed by atoms with Crippen molar-refractivity contribution in [3.63, 3.8) is 0 Å². The van der Waals surface area contributed by atoms with E-state index in [1.807, 2.05) is 38.1 Å². The van der Waals surface area contributed by atoms with Crippen LogP contribution in [0.5, 0.6) is 17.2 Å². The fourth-order valence-electron chi connectivity index (χ4n) is 2.22. The standard InChI is InChI=1S/C19H23NO4/c1-13(2)24-16-8-5-14(6-9-16)12-20-19(21)15-7-10-17(22-3)18(11-15)23-4/h5-11,13H,12H2,1-4H3,(H,20,21). The molecule has 0 unspecified atom stereocenters. The second kappa shape index (κ2) is 8.24. The highest BCUT2D eigenvalue weighted by Gasteiger charge is 2.10. The molecule has 0 saturated carbocycles. The summed E-state index contributed by atoms with van der Waals surface area (Å²) in [5.41, 5.74) is 1.52. The number of amides is 1. The van der Waals surface area contributed by atoms with Crippen molar-refractivity contribution >= 4 is 5.91 Å². The maximum atomic E-state index is 12.3. The molecule has 0 radical (unpaired) electrons. The number of methoxy groups -OCH3 is 2. The van der Waals surface area contributed by atoms with Crippen LogP contribution in [0.1, 0.15) is 29.8 Å². The van der Waals surface area contributed by atoms with Gasteiger partial charge < -0.3 is 19.5 Å². The first kappa shape index (κ1) is 17.7. The lowest BCUT2D eigenvalue weighted by atomic mass is 10.1. The topological polar surface area (TPSA) is 56.8 Å². The zero-order valence-corrected chi connectivity index (χ0v) is 14.5. The SMILES string of the molecule is COc1ccc(C(=O)NCc2ccc(OC(C)C)cc2)cc1OC. The van der Waals surface area contributed by atoms with Gasteiger partial charge in [0.05, 0.1) is 20.3 Å². The summed E-state index contributed by atoms with van der Waals surface area (Å²) in [7, 11) is 3.10. The number of ether oxygens (including phenoxy) is 3. The lowest BCUT2D eigenvalue weighted by Gasteiger charge is -2.11. The van der Waals surface area contributed by atoms with E-state index in [4.69, 9.17) is 14.2 Å². The summed E-state index contributed by atoms with van der Waals surface area (Å²) in [4.78, 5) is 12.3. The molecule has 2 rings (SSSR count). The number of benzene rings is 2. The van der Waals surface area contributed by atoms with Crippen molar-refractivity contribution in [2.24, 2.45) is 0 Å². The Bertz CT molecular complexity index is 680. The van der Waals surface area contributed by atoms with Crippen LogP contribution in [0.4, 0.5) is 0 Å². The van der Waals surface area contributed by atoms with Crippen LogP contribution in [0.15, 0.2) is 42.5 Å². The third-order valence-electron chi connectivity index (χ3n) is 3.39. The molecule has 0 aliphatic rings. The van der Waals surface area contributed by atoms with Gasteiger partial charge in [0.25, 0.3) is 5.91 Å². The van der Waals surface area contributed by atoms with Gasteiger partial charge in [0.15, 0.2) is 11.5 Å². The van der Waals surface area contributed by atoms with E-state index in [1.165, 1.54) is 0 Å². The normalized spacial score (nSPS) is 10.4. The van der Waals surface area contributed by atoms with Crippen molar-refractivity contribution in [1.82, 2.24) is 5.32 Å². The molecule has 0 aliphatic heterocycles. The van der Waals surface area contributed by atoms with E-state index >= 15 is 0 Å². The summed E-state index contributed by atoms with van der Waals surface area (Å²) < 4.78 is 16.0. The van der Waals surface area contributed by atoms with Crippen LogP contribution < -0.4 is 19.5 Å². The maximum absolute atomic E-state index is 12.3. The van der Waals surface area contributed by atoms with E-state index in [0.29, 0.717) is 23.6 Å². The summed E-state index contributed by atoms with van der Waals surface area (Å²) in [5.74, 6) is 1.77. The molecule has 0 aliphatic carbocycles. The van der Waals surface area contributed by atoms with E-state index in [2.05, 4.69) is 5.32 Å². The van der Waals surface area contributed by atoms with Gasteiger partial charge in [-0.3, -0.25) is 4.79 Å². The van der Waals surface area contributed by atoms with Gasteiger partial charge in [-0.15, -0.1) is 0 Å². The number of carbonyl (C=O) groups is 1.